The Morgan fingerprint density at radius 3 is 2.95 bits per heavy atom. The maximum absolute atomic E-state index is 4.41. The van der Waals surface area contributed by atoms with Crippen molar-refractivity contribution in [2.75, 3.05) is 0 Å². The molecule has 1 aromatic heterocycles. The lowest BCUT2D eigenvalue weighted by Gasteiger charge is -2.22. The number of aryl methyl sites for hydroxylation is 1. The van der Waals surface area contributed by atoms with Crippen molar-refractivity contribution in [3.63, 3.8) is 0 Å². The molecule has 0 amide bonds. The molecule has 1 N–H and O–H groups in total. The lowest BCUT2D eigenvalue weighted by atomic mass is 9.93. The van der Waals surface area contributed by atoms with Gasteiger partial charge >= 0.3 is 0 Å². The van der Waals surface area contributed by atoms with Gasteiger partial charge < -0.3 is 5.32 Å². The van der Waals surface area contributed by atoms with Crippen LogP contribution in [0.15, 0.2) is 42.1 Å². The summed E-state index contributed by atoms with van der Waals surface area (Å²) in [7, 11) is 1.96. The third kappa shape index (κ3) is 1.61. The highest BCUT2D eigenvalue weighted by atomic mass is 15.4. The summed E-state index contributed by atoms with van der Waals surface area (Å²) in [5.41, 5.74) is 6.97. The van der Waals surface area contributed by atoms with Crippen LogP contribution < -0.4 is 5.32 Å². The molecule has 4 rings (SSSR count). The quantitative estimate of drug-likeness (QED) is 0.795. The van der Waals surface area contributed by atoms with E-state index in [2.05, 4.69) is 52.0 Å². The Morgan fingerprint density at radius 2 is 2.00 bits per heavy atom. The molecule has 0 radical (unpaired) electrons. The molecule has 0 saturated heterocycles. The molecule has 4 nitrogen and oxygen atoms in total. The van der Waals surface area contributed by atoms with Crippen LogP contribution in [0.25, 0.3) is 16.8 Å². The van der Waals surface area contributed by atoms with E-state index in [1.807, 2.05) is 11.7 Å². The van der Waals surface area contributed by atoms with Crippen LogP contribution in [-0.4, -0.2) is 15.0 Å². The molecule has 2 aliphatic rings. The second-order valence-corrected chi connectivity index (χ2v) is 5.23. The smallest absolute Gasteiger partial charge is 0.122 e. The van der Waals surface area contributed by atoms with Crippen LogP contribution in [0.1, 0.15) is 24.1 Å². The fourth-order valence-electron chi connectivity index (χ4n) is 3.00. The van der Waals surface area contributed by atoms with Gasteiger partial charge in [0, 0.05) is 30.4 Å². The van der Waals surface area contributed by atoms with Crippen molar-refractivity contribution in [3.05, 3.63) is 53.4 Å². The summed E-state index contributed by atoms with van der Waals surface area (Å²) in [6, 6.07) is 8.47. The van der Waals surface area contributed by atoms with E-state index < -0.39 is 0 Å². The predicted molar refractivity (Wildman–Crippen MR) is 78.6 cm³/mol. The highest BCUT2D eigenvalue weighted by molar-refractivity contribution is 5.86. The Hall–Kier alpha value is -2.36. The van der Waals surface area contributed by atoms with Gasteiger partial charge in [-0.1, -0.05) is 41.6 Å². The minimum absolute atomic E-state index is 0.837. The van der Waals surface area contributed by atoms with Gasteiger partial charge in [-0.25, -0.2) is 4.68 Å². The van der Waals surface area contributed by atoms with Crippen LogP contribution in [0.4, 0.5) is 0 Å². The molecule has 0 bridgehead atoms. The van der Waals surface area contributed by atoms with Crippen LogP contribution in [0.2, 0.25) is 0 Å². The van der Waals surface area contributed by atoms with Crippen LogP contribution in [0.3, 0.4) is 0 Å². The minimum Gasteiger partial charge on any atom is -0.381 e. The van der Waals surface area contributed by atoms with Crippen molar-refractivity contribution < 1.29 is 0 Å². The fourth-order valence-corrected chi connectivity index (χ4v) is 3.00. The Morgan fingerprint density at radius 1 is 1.15 bits per heavy atom. The molecule has 0 unspecified atom stereocenters. The first-order valence-corrected chi connectivity index (χ1v) is 6.97. The molecule has 2 aromatic rings. The lowest BCUT2D eigenvalue weighted by Crippen LogP contribution is -2.19. The number of aromatic nitrogens is 3. The molecule has 4 heteroatoms. The minimum atomic E-state index is 0.837. The average molecular weight is 264 g/mol. The maximum Gasteiger partial charge on any atom is 0.122 e. The molecule has 0 spiro atoms. The number of rotatable bonds is 0. The topological polar surface area (TPSA) is 42.7 Å². The summed E-state index contributed by atoms with van der Waals surface area (Å²) < 4.78 is 1.88. The van der Waals surface area contributed by atoms with E-state index in [-0.39, 0.29) is 0 Å². The van der Waals surface area contributed by atoms with E-state index in [4.69, 9.17) is 0 Å². The first-order chi connectivity index (χ1) is 9.84. The van der Waals surface area contributed by atoms with Crippen molar-refractivity contribution in [1.82, 2.24) is 20.3 Å². The zero-order chi connectivity index (χ0) is 13.5. The number of hydrogen-bond acceptors (Lipinski definition) is 3. The molecular formula is C16H16N4. The van der Waals surface area contributed by atoms with Gasteiger partial charge in [0.25, 0.3) is 0 Å². The number of nitrogens with one attached hydrogen (secondary N) is 1. The zero-order valence-electron chi connectivity index (χ0n) is 11.4. The average Bonchev–Trinajstić information content (AvgIpc) is 2.85. The molecule has 0 saturated carbocycles. The molecule has 0 fully saturated rings. The second kappa shape index (κ2) is 4.34. The van der Waals surface area contributed by atoms with Crippen LogP contribution in [0.5, 0.6) is 0 Å². The monoisotopic (exact) mass is 264 g/mol. The molecular weight excluding hydrogens is 248 g/mol. The number of hydrogen-bond donors (Lipinski definition) is 1. The Balaban J connectivity index is 2.02. The number of fused-ring (bicyclic) bond motifs is 5. The lowest BCUT2D eigenvalue weighted by molar-refractivity contribution is 0.719. The molecule has 1 aliphatic heterocycles. The summed E-state index contributed by atoms with van der Waals surface area (Å²) in [6.07, 6.45) is 6.69. The third-order valence-corrected chi connectivity index (χ3v) is 3.98. The van der Waals surface area contributed by atoms with Gasteiger partial charge in [0.2, 0.25) is 0 Å². The first kappa shape index (κ1) is 11.5. The SMILES string of the molecule is Cn1nnc2c1-c1ccccc1CNC1=CCCC=C12. The molecule has 100 valence electrons. The Labute approximate surface area is 117 Å². The number of allylic oxidation sites excluding steroid dienone is 3. The normalized spacial score (nSPS) is 16.6. The van der Waals surface area contributed by atoms with Gasteiger partial charge in [0.05, 0.1) is 5.69 Å². The first-order valence-electron chi connectivity index (χ1n) is 6.97. The third-order valence-electron chi connectivity index (χ3n) is 3.98. The van der Waals surface area contributed by atoms with E-state index >= 15 is 0 Å². The van der Waals surface area contributed by atoms with E-state index in [0.29, 0.717) is 0 Å². The van der Waals surface area contributed by atoms with Gasteiger partial charge in [-0.2, -0.15) is 0 Å². The van der Waals surface area contributed by atoms with Crippen molar-refractivity contribution in [2.45, 2.75) is 19.4 Å². The summed E-state index contributed by atoms with van der Waals surface area (Å²) >= 11 is 0. The summed E-state index contributed by atoms with van der Waals surface area (Å²) in [5, 5.41) is 12.2. The zero-order valence-corrected chi connectivity index (χ0v) is 11.4. The van der Waals surface area contributed by atoms with E-state index in [1.165, 1.54) is 22.4 Å². The van der Waals surface area contributed by atoms with Gasteiger partial charge in [-0.05, 0) is 18.4 Å². The Bertz CT molecular complexity index is 737. The van der Waals surface area contributed by atoms with Gasteiger partial charge in [0.1, 0.15) is 5.69 Å². The van der Waals surface area contributed by atoms with Crippen molar-refractivity contribution in [3.8, 4) is 11.3 Å². The van der Waals surface area contributed by atoms with E-state index in [9.17, 15) is 0 Å². The number of nitrogens with zero attached hydrogens (tertiary/aromatic N) is 3. The van der Waals surface area contributed by atoms with Crippen molar-refractivity contribution in [2.24, 2.45) is 7.05 Å². The van der Waals surface area contributed by atoms with Gasteiger partial charge in [0.15, 0.2) is 0 Å². The molecule has 2 heterocycles. The van der Waals surface area contributed by atoms with Crippen molar-refractivity contribution in [1.29, 1.82) is 0 Å². The molecule has 0 atom stereocenters. The van der Waals surface area contributed by atoms with E-state index in [0.717, 1.165) is 30.8 Å². The predicted octanol–water partition coefficient (Wildman–Crippen LogP) is 2.65. The standard InChI is InChI=1S/C16H16N4/c1-20-16-12-7-3-2-6-11(12)10-17-14-9-5-4-8-13(14)15(16)18-19-20/h2-3,6-9,17H,4-5,10H2,1H3. The Kier molecular flexibility index (Phi) is 2.49. The fraction of sp³-hybridized carbons (Fsp3) is 0.250. The summed E-state index contributed by atoms with van der Waals surface area (Å²) in [6.45, 7) is 0.837. The second-order valence-electron chi connectivity index (χ2n) is 5.23. The van der Waals surface area contributed by atoms with Crippen molar-refractivity contribution >= 4 is 5.57 Å². The largest absolute Gasteiger partial charge is 0.381 e. The highest BCUT2D eigenvalue weighted by Crippen LogP contribution is 2.36. The van der Waals surface area contributed by atoms with E-state index in [1.54, 1.807) is 0 Å². The molecule has 1 aromatic carbocycles. The van der Waals surface area contributed by atoms with Crippen LogP contribution >= 0.6 is 0 Å². The molecule has 20 heavy (non-hydrogen) atoms. The number of benzene rings is 1. The summed E-state index contributed by atoms with van der Waals surface area (Å²) in [5.74, 6) is 0. The van der Waals surface area contributed by atoms with Gasteiger partial charge in [-0.15, -0.1) is 5.10 Å². The highest BCUT2D eigenvalue weighted by Gasteiger charge is 2.24. The van der Waals surface area contributed by atoms with Gasteiger partial charge in [-0.3, -0.25) is 0 Å². The maximum atomic E-state index is 4.41. The summed E-state index contributed by atoms with van der Waals surface area (Å²) in [4.78, 5) is 0. The molecule has 1 aliphatic carbocycles. The van der Waals surface area contributed by atoms with Crippen LogP contribution in [-0.2, 0) is 13.6 Å². The van der Waals surface area contributed by atoms with Crippen LogP contribution in [0, 0.1) is 0 Å².